The van der Waals surface area contributed by atoms with Gasteiger partial charge in [-0.3, -0.25) is 4.79 Å². The molecule has 0 atom stereocenters. The molecular weight excluding hydrogens is 336 g/mol. The normalized spacial score (nSPS) is 16.0. The highest BCUT2D eigenvalue weighted by atomic mass is 16.5. The fraction of sp³-hybridized carbons (Fsp3) is 0.435. The van der Waals surface area contributed by atoms with Gasteiger partial charge < -0.3 is 15.0 Å². The Hall–Kier alpha value is -2.33. The highest BCUT2D eigenvalue weighted by molar-refractivity contribution is 5.88. The van der Waals surface area contributed by atoms with Gasteiger partial charge in [0, 0.05) is 39.0 Å². The van der Waals surface area contributed by atoms with Crippen molar-refractivity contribution in [2.75, 3.05) is 38.3 Å². The molecule has 4 nitrogen and oxygen atoms in total. The molecule has 0 aromatic heterocycles. The van der Waals surface area contributed by atoms with Crippen LogP contribution in [0.15, 0.2) is 48.5 Å². The molecule has 0 aliphatic carbocycles. The van der Waals surface area contributed by atoms with Gasteiger partial charge in [0.15, 0.2) is 0 Å². The van der Waals surface area contributed by atoms with Gasteiger partial charge in [0.05, 0.1) is 5.41 Å². The first-order valence-corrected chi connectivity index (χ1v) is 9.72. The second-order valence-electron chi connectivity index (χ2n) is 7.58. The first kappa shape index (κ1) is 19.4. The van der Waals surface area contributed by atoms with Crippen LogP contribution < -0.4 is 10.2 Å². The van der Waals surface area contributed by atoms with Gasteiger partial charge in [-0.25, -0.2) is 0 Å². The quantitative estimate of drug-likeness (QED) is 0.849. The summed E-state index contributed by atoms with van der Waals surface area (Å²) in [5, 5.41) is 3.20. The monoisotopic (exact) mass is 366 g/mol. The summed E-state index contributed by atoms with van der Waals surface area (Å²) >= 11 is 0. The Morgan fingerprint density at radius 1 is 1.07 bits per heavy atom. The lowest BCUT2D eigenvalue weighted by Crippen LogP contribution is -2.49. The summed E-state index contributed by atoms with van der Waals surface area (Å²) in [6.45, 7) is 6.84. The fourth-order valence-electron chi connectivity index (χ4n) is 3.94. The van der Waals surface area contributed by atoms with Crippen LogP contribution in [0.25, 0.3) is 0 Å². The minimum atomic E-state index is -0.486. The predicted molar refractivity (Wildman–Crippen MR) is 110 cm³/mol. The van der Waals surface area contributed by atoms with Crippen molar-refractivity contribution in [2.45, 2.75) is 32.1 Å². The smallest absolute Gasteiger partial charge is 0.230 e. The fourth-order valence-corrected chi connectivity index (χ4v) is 3.94. The van der Waals surface area contributed by atoms with E-state index in [-0.39, 0.29) is 5.91 Å². The number of benzene rings is 2. The van der Waals surface area contributed by atoms with Crippen LogP contribution in [-0.2, 0) is 14.9 Å². The van der Waals surface area contributed by atoms with E-state index in [1.165, 1.54) is 11.1 Å². The van der Waals surface area contributed by atoms with Crippen LogP contribution in [-0.4, -0.2) is 39.3 Å². The van der Waals surface area contributed by atoms with Crippen molar-refractivity contribution in [1.82, 2.24) is 5.32 Å². The maximum absolute atomic E-state index is 13.3. The summed E-state index contributed by atoms with van der Waals surface area (Å²) in [7, 11) is 2.05. The van der Waals surface area contributed by atoms with Crippen molar-refractivity contribution < 1.29 is 9.53 Å². The van der Waals surface area contributed by atoms with E-state index in [9.17, 15) is 4.79 Å². The Morgan fingerprint density at radius 3 is 2.33 bits per heavy atom. The van der Waals surface area contributed by atoms with E-state index in [1.807, 2.05) is 18.2 Å². The first-order valence-electron chi connectivity index (χ1n) is 9.72. The number of ether oxygens (including phenoxy) is 1. The number of hydrogen-bond donors (Lipinski definition) is 1. The molecule has 1 amide bonds. The second-order valence-corrected chi connectivity index (χ2v) is 7.58. The van der Waals surface area contributed by atoms with Crippen LogP contribution in [0.2, 0.25) is 0 Å². The average Bonchev–Trinajstić information content (AvgIpc) is 2.68. The van der Waals surface area contributed by atoms with E-state index in [0.717, 1.165) is 30.6 Å². The van der Waals surface area contributed by atoms with Gasteiger partial charge in [-0.05, 0) is 44.4 Å². The number of hydrogen-bond acceptors (Lipinski definition) is 3. The molecule has 0 bridgehead atoms. The molecule has 3 rings (SSSR count). The highest BCUT2D eigenvalue weighted by Gasteiger charge is 2.41. The van der Waals surface area contributed by atoms with E-state index < -0.39 is 5.41 Å². The molecule has 2 aromatic carbocycles. The number of rotatable bonds is 6. The third-order valence-corrected chi connectivity index (χ3v) is 5.49. The number of aryl methyl sites for hydroxylation is 2. The largest absolute Gasteiger partial charge is 0.381 e. The summed E-state index contributed by atoms with van der Waals surface area (Å²) in [5.41, 5.74) is 4.19. The van der Waals surface area contributed by atoms with Crippen LogP contribution in [0.5, 0.6) is 0 Å². The van der Waals surface area contributed by atoms with Gasteiger partial charge in [0.2, 0.25) is 5.91 Å². The molecule has 1 aliphatic rings. The molecule has 2 aromatic rings. The standard InChI is InChI=1S/C23H30N2O2/c1-18-15-19(2)17-20(16-18)23(9-13-27-14-10-23)22(26)24-11-12-25(3)21-7-5-4-6-8-21/h4-8,15-17H,9-14H2,1-3H3,(H,24,26). The SMILES string of the molecule is Cc1cc(C)cc(C2(C(=O)NCCN(C)c3ccccc3)CCOCC2)c1. The van der Waals surface area contributed by atoms with Crippen molar-refractivity contribution in [2.24, 2.45) is 0 Å². The molecular formula is C23H30N2O2. The zero-order valence-electron chi connectivity index (χ0n) is 16.6. The molecule has 1 N–H and O–H groups in total. The van der Waals surface area contributed by atoms with E-state index in [2.05, 4.69) is 61.4 Å². The Morgan fingerprint density at radius 2 is 1.70 bits per heavy atom. The Labute approximate surface area is 162 Å². The number of anilines is 1. The van der Waals surface area contributed by atoms with Gasteiger partial charge in [0.1, 0.15) is 0 Å². The van der Waals surface area contributed by atoms with Gasteiger partial charge in [-0.2, -0.15) is 0 Å². The summed E-state index contributed by atoms with van der Waals surface area (Å²) in [6, 6.07) is 16.7. The van der Waals surface area contributed by atoms with Gasteiger partial charge in [-0.15, -0.1) is 0 Å². The highest BCUT2D eigenvalue weighted by Crippen LogP contribution is 2.36. The molecule has 0 saturated carbocycles. The van der Waals surface area contributed by atoms with Gasteiger partial charge >= 0.3 is 0 Å². The lowest BCUT2D eigenvalue weighted by Gasteiger charge is -2.37. The van der Waals surface area contributed by atoms with Crippen LogP contribution in [0.1, 0.15) is 29.5 Å². The predicted octanol–water partition coefficient (Wildman–Crippen LogP) is 3.60. The topological polar surface area (TPSA) is 41.6 Å². The third kappa shape index (κ3) is 4.51. The molecule has 0 radical (unpaired) electrons. The van der Waals surface area contributed by atoms with Crippen LogP contribution in [0, 0.1) is 13.8 Å². The van der Waals surface area contributed by atoms with Crippen molar-refractivity contribution >= 4 is 11.6 Å². The van der Waals surface area contributed by atoms with Crippen LogP contribution >= 0.6 is 0 Å². The van der Waals surface area contributed by atoms with E-state index >= 15 is 0 Å². The Kier molecular flexibility index (Phi) is 6.17. The summed E-state index contributed by atoms with van der Waals surface area (Å²) in [6.07, 6.45) is 1.46. The van der Waals surface area contributed by atoms with Crippen molar-refractivity contribution in [3.8, 4) is 0 Å². The molecule has 0 unspecified atom stereocenters. The minimum absolute atomic E-state index is 0.122. The van der Waals surface area contributed by atoms with Gasteiger partial charge in [-0.1, -0.05) is 47.5 Å². The second kappa shape index (κ2) is 8.57. The summed E-state index contributed by atoms with van der Waals surface area (Å²) in [5.74, 6) is 0.122. The number of carbonyl (C=O) groups excluding carboxylic acids is 1. The summed E-state index contributed by atoms with van der Waals surface area (Å²) in [4.78, 5) is 15.4. The third-order valence-electron chi connectivity index (χ3n) is 5.49. The van der Waals surface area contributed by atoms with Crippen molar-refractivity contribution in [1.29, 1.82) is 0 Å². The number of amides is 1. The zero-order valence-corrected chi connectivity index (χ0v) is 16.6. The molecule has 27 heavy (non-hydrogen) atoms. The molecule has 144 valence electrons. The van der Waals surface area contributed by atoms with Crippen molar-refractivity contribution in [3.63, 3.8) is 0 Å². The number of carbonyl (C=O) groups is 1. The molecule has 4 heteroatoms. The number of nitrogens with one attached hydrogen (secondary N) is 1. The molecule has 1 aliphatic heterocycles. The maximum Gasteiger partial charge on any atom is 0.230 e. The zero-order chi connectivity index (χ0) is 19.3. The van der Waals surface area contributed by atoms with Gasteiger partial charge in [0.25, 0.3) is 0 Å². The van der Waals surface area contributed by atoms with E-state index in [1.54, 1.807) is 0 Å². The lowest BCUT2D eigenvalue weighted by atomic mass is 9.72. The van der Waals surface area contributed by atoms with Crippen LogP contribution in [0.4, 0.5) is 5.69 Å². The summed E-state index contributed by atoms with van der Waals surface area (Å²) < 4.78 is 5.57. The molecule has 1 heterocycles. The Balaban J connectivity index is 1.70. The molecule has 1 saturated heterocycles. The lowest BCUT2D eigenvalue weighted by molar-refractivity contribution is -0.130. The number of likely N-dealkylation sites (N-methyl/N-ethyl adjacent to an activating group) is 1. The van der Waals surface area contributed by atoms with E-state index in [0.29, 0.717) is 19.8 Å². The first-order chi connectivity index (χ1) is 13.0. The number of para-hydroxylation sites is 1. The Bertz CT molecular complexity index is 747. The van der Waals surface area contributed by atoms with E-state index in [4.69, 9.17) is 4.74 Å². The molecule has 0 spiro atoms. The van der Waals surface area contributed by atoms with Crippen LogP contribution in [0.3, 0.4) is 0 Å². The number of nitrogens with zero attached hydrogens (tertiary/aromatic N) is 1. The van der Waals surface area contributed by atoms with Crippen molar-refractivity contribution in [3.05, 3.63) is 65.2 Å². The molecule has 1 fully saturated rings. The average molecular weight is 367 g/mol. The minimum Gasteiger partial charge on any atom is -0.381 e. The maximum atomic E-state index is 13.3.